The highest BCUT2D eigenvalue weighted by Crippen LogP contribution is 2.19. The summed E-state index contributed by atoms with van der Waals surface area (Å²) in [6.45, 7) is 2.14. The lowest BCUT2D eigenvalue weighted by molar-refractivity contribution is -0.420. The van der Waals surface area contributed by atoms with E-state index in [-0.39, 0.29) is 12.5 Å². The summed E-state index contributed by atoms with van der Waals surface area (Å²) in [5, 5.41) is 0. The third-order valence-corrected chi connectivity index (χ3v) is 3.31. The minimum atomic E-state index is -0.636. The number of carbonyl (C=O) groups excluding carboxylic acids is 1. The van der Waals surface area contributed by atoms with E-state index in [9.17, 15) is 4.79 Å². The predicted molar refractivity (Wildman–Crippen MR) is 78.4 cm³/mol. The largest absolute Gasteiger partial charge is 0.490 e. The molecule has 1 amide bonds. The molecule has 0 radical (unpaired) electrons. The molecular weight excluding hydrogens is 268 g/mol. The molecule has 1 aromatic carbocycles. The fourth-order valence-corrected chi connectivity index (χ4v) is 2.13. The first-order chi connectivity index (χ1) is 10.3. The van der Waals surface area contributed by atoms with Crippen molar-refractivity contribution in [3.63, 3.8) is 0 Å². The molecule has 2 heterocycles. The maximum Gasteiger partial charge on any atom is 0.294 e. The third-order valence-electron chi connectivity index (χ3n) is 3.31. The van der Waals surface area contributed by atoms with Crippen molar-refractivity contribution in [3.8, 4) is 5.75 Å². The Hall–Kier alpha value is -2.56. The van der Waals surface area contributed by atoms with Gasteiger partial charge in [-0.05, 0) is 31.1 Å². The Morgan fingerprint density at radius 1 is 1.48 bits per heavy atom. The Morgan fingerprint density at radius 2 is 2.33 bits per heavy atom. The van der Waals surface area contributed by atoms with Gasteiger partial charge in [-0.1, -0.05) is 18.2 Å². The van der Waals surface area contributed by atoms with Crippen molar-refractivity contribution in [2.45, 2.75) is 19.4 Å². The minimum Gasteiger partial charge on any atom is -0.490 e. The van der Waals surface area contributed by atoms with Gasteiger partial charge in [0.2, 0.25) is 0 Å². The van der Waals surface area contributed by atoms with E-state index in [0.29, 0.717) is 6.17 Å². The van der Waals surface area contributed by atoms with Gasteiger partial charge in [0.25, 0.3) is 12.1 Å². The van der Waals surface area contributed by atoms with E-state index in [0.717, 1.165) is 17.7 Å². The van der Waals surface area contributed by atoms with E-state index in [1.165, 1.54) is 11.0 Å². The Kier molecular flexibility index (Phi) is 3.73. The lowest BCUT2D eigenvalue weighted by Gasteiger charge is -2.14. The summed E-state index contributed by atoms with van der Waals surface area (Å²) in [7, 11) is 0. The second-order valence-corrected chi connectivity index (χ2v) is 4.82. The summed E-state index contributed by atoms with van der Waals surface area (Å²) in [5.74, 6) is 0.595. The number of hydrogen-bond donors (Lipinski definition) is 0. The molecule has 0 spiro atoms. The van der Waals surface area contributed by atoms with Crippen molar-refractivity contribution >= 4 is 18.5 Å². The average Bonchev–Trinajstić information content (AvgIpc) is 2.88. The van der Waals surface area contributed by atoms with E-state index in [2.05, 4.69) is 4.99 Å². The number of rotatable bonds is 4. The molecule has 0 aromatic heterocycles. The van der Waals surface area contributed by atoms with Gasteiger partial charge < -0.3 is 9.47 Å². The molecule has 1 atom stereocenters. The van der Waals surface area contributed by atoms with E-state index >= 15 is 0 Å². The summed E-state index contributed by atoms with van der Waals surface area (Å²) >= 11 is 0. The number of nitrogens with zero attached hydrogens (tertiary/aromatic N) is 2. The topological polar surface area (TPSA) is 50.9 Å². The summed E-state index contributed by atoms with van der Waals surface area (Å²) in [4.78, 5) is 16.5. The molecule has 1 unspecified atom stereocenters. The Labute approximate surface area is 123 Å². The number of dihydropyridines is 1. The summed E-state index contributed by atoms with van der Waals surface area (Å²) < 4.78 is 12.5. The number of para-hydroxylation sites is 1. The molecule has 0 saturated heterocycles. The van der Waals surface area contributed by atoms with Crippen LogP contribution in [-0.2, 0) is 9.53 Å². The first-order valence-electron chi connectivity index (χ1n) is 6.82. The number of amides is 1. The van der Waals surface area contributed by atoms with Crippen LogP contribution in [0.25, 0.3) is 0 Å². The van der Waals surface area contributed by atoms with Gasteiger partial charge in [-0.3, -0.25) is 4.79 Å². The van der Waals surface area contributed by atoms with Crippen LogP contribution in [-0.4, -0.2) is 35.8 Å². The number of aryl methyl sites for hydroxylation is 1. The van der Waals surface area contributed by atoms with Crippen LogP contribution in [0.1, 0.15) is 12.0 Å². The third kappa shape index (κ3) is 2.81. The molecule has 0 aliphatic carbocycles. The van der Waals surface area contributed by atoms with Crippen molar-refractivity contribution in [2.75, 3.05) is 6.61 Å². The molecule has 2 aliphatic rings. The van der Waals surface area contributed by atoms with Crippen LogP contribution in [0.15, 0.2) is 41.4 Å². The first kappa shape index (κ1) is 13.4. The van der Waals surface area contributed by atoms with Crippen molar-refractivity contribution in [3.05, 3.63) is 48.1 Å². The summed E-state index contributed by atoms with van der Waals surface area (Å²) in [5.41, 5.74) is 1.03. The zero-order valence-corrected chi connectivity index (χ0v) is 11.7. The van der Waals surface area contributed by atoms with Gasteiger partial charge in [0.15, 0.2) is 12.5 Å². The monoisotopic (exact) mass is 284 g/mol. The fourth-order valence-electron chi connectivity index (χ4n) is 2.13. The van der Waals surface area contributed by atoms with Crippen LogP contribution < -0.4 is 4.74 Å². The number of benzene rings is 1. The number of allylic oxidation sites excluding steroid dienone is 1. The number of hydrogen-bond acceptors (Lipinski definition) is 4. The maximum absolute atomic E-state index is 12.3. The van der Waals surface area contributed by atoms with E-state index in [4.69, 9.17) is 9.47 Å². The molecule has 0 saturated carbocycles. The van der Waals surface area contributed by atoms with Crippen molar-refractivity contribution in [1.82, 2.24) is 0 Å². The standard InChI is InChI=1S/C16H16N2O3/c1-12-6-2-3-7-13(12)20-10-14-16(19)18(11-21-14)15-8-4-5-9-17-15/h2-4,6-9,11,14H,5,10H2,1H3. The lowest BCUT2D eigenvalue weighted by Crippen LogP contribution is -2.32. The fraction of sp³-hybridized carbons (Fsp3) is 0.250. The Bertz CT molecular complexity index is 622. The normalized spacial score (nSPS) is 20.4. The molecule has 3 rings (SSSR count). The highest BCUT2D eigenvalue weighted by molar-refractivity contribution is 5.81. The van der Waals surface area contributed by atoms with Crippen molar-refractivity contribution < 1.29 is 18.8 Å². The van der Waals surface area contributed by atoms with Crippen LogP contribution in [0.5, 0.6) is 5.75 Å². The predicted octanol–water partition coefficient (Wildman–Crippen LogP) is 1.86. The summed E-state index contributed by atoms with van der Waals surface area (Å²) in [6.07, 6.45) is 7.63. The van der Waals surface area contributed by atoms with Crippen molar-refractivity contribution in [1.29, 1.82) is 0 Å². The average molecular weight is 284 g/mol. The Balaban J connectivity index is 1.61. The van der Waals surface area contributed by atoms with E-state index in [1.54, 1.807) is 6.21 Å². The number of ether oxygens (including phenoxy) is 2. The molecule has 0 fully saturated rings. The molecular formula is C16H16N2O3. The highest BCUT2D eigenvalue weighted by Gasteiger charge is 2.33. The zero-order chi connectivity index (χ0) is 14.7. The van der Waals surface area contributed by atoms with Crippen LogP contribution in [0.3, 0.4) is 0 Å². The van der Waals surface area contributed by atoms with Gasteiger partial charge in [0.1, 0.15) is 12.4 Å². The van der Waals surface area contributed by atoms with E-state index < -0.39 is 6.10 Å². The van der Waals surface area contributed by atoms with Crippen LogP contribution >= 0.6 is 0 Å². The number of carbonyl (C=O) groups is 1. The highest BCUT2D eigenvalue weighted by atomic mass is 16.5. The van der Waals surface area contributed by atoms with Crippen LogP contribution in [0.4, 0.5) is 0 Å². The van der Waals surface area contributed by atoms with Gasteiger partial charge in [0.05, 0.1) is 6.21 Å². The van der Waals surface area contributed by atoms with Gasteiger partial charge in [-0.15, -0.1) is 11.1 Å². The van der Waals surface area contributed by atoms with Crippen LogP contribution in [0.2, 0.25) is 0 Å². The Morgan fingerprint density at radius 3 is 3.10 bits per heavy atom. The molecule has 5 nitrogen and oxygen atoms in total. The molecule has 0 bridgehead atoms. The molecule has 108 valence electrons. The quantitative estimate of drug-likeness (QED) is 0.626. The van der Waals surface area contributed by atoms with Gasteiger partial charge in [-0.2, -0.15) is 0 Å². The summed E-state index contributed by atoms with van der Waals surface area (Å²) in [6, 6.07) is 7.68. The van der Waals surface area contributed by atoms with Crippen LogP contribution in [0, 0.1) is 13.1 Å². The maximum atomic E-state index is 12.3. The smallest absolute Gasteiger partial charge is 0.294 e. The SMILES string of the molecule is Cc1ccccc1OCC1OC=[N+]([C-]2C=CCC=N2)C1=O. The second-order valence-electron chi connectivity index (χ2n) is 4.82. The molecule has 21 heavy (non-hydrogen) atoms. The molecule has 2 aliphatic heterocycles. The second kappa shape index (κ2) is 5.83. The van der Waals surface area contributed by atoms with Gasteiger partial charge >= 0.3 is 0 Å². The molecule has 1 aromatic rings. The van der Waals surface area contributed by atoms with Crippen molar-refractivity contribution in [2.24, 2.45) is 4.99 Å². The molecule has 5 heteroatoms. The number of aliphatic imine (C=N–C) groups is 1. The van der Waals surface area contributed by atoms with Gasteiger partial charge in [-0.25, -0.2) is 4.58 Å². The first-order valence-corrected chi connectivity index (χ1v) is 6.82. The van der Waals surface area contributed by atoms with Gasteiger partial charge in [0, 0.05) is 0 Å². The van der Waals surface area contributed by atoms with E-state index in [1.807, 2.05) is 43.3 Å². The lowest BCUT2D eigenvalue weighted by atomic mass is 10.2. The minimum absolute atomic E-state index is 0.165. The molecule has 0 N–H and O–H groups in total. The zero-order valence-electron chi connectivity index (χ0n) is 11.7.